The van der Waals surface area contributed by atoms with Crippen LogP contribution < -0.4 is 9.64 Å². The second-order valence-corrected chi connectivity index (χ2v) is 12.2. The van der Waals surface area contributed by atoms with Crippen LogP contribution in [0.15, 0.2) is 36.7 Å². The largest absolute Gasteiger partial charge is 0.492 e. The number of carboxylic acid groups (broad SMARTS) is 1. The SMILES string of the molecule is CC(C)(C)O.CCc1c(C)ncc(-c2ccc(OCCc3c(F)cc(F)cc3F)cn2)c1N1CCC(C)(C)CC1.O=CO. The van der Waals surface area contributed by atoms with E-state index in [1.165, 1.54) is 11.3 Å². The van der Waals surface area contributed by atoms with E-state index in [2.05, 4.69) is 42.6 Å². The number of pyridine rings is 2. The predicted molar refractivity (Wildman–Crippen MR) is 163 cm³/mol. The summed E-state index contributed by atoms with van der Waals surface area (Å²) in [6, 6.07) is 5.04. The standard InChI is InChI=1S/C28H32F3N3O.C4H10O.CH2O2/c1-5-21-18(2)32-17-23(27(21)34-11-9-28(3,4)10-12-34)26-7-6-20(16-33-26)35-13-8-22-24(30)14-19(29)15-25(22)31;1-4(2,3)5;2-1-3/h6-7,14-17H,5,8-13H2,1-4H3;5H,1-3H3;1H,(H,2,3). The number of aliphatic hydroxyl groups is 1. The van der Waals surface area contributed by atoms with E-state index < -0.39 is 23.1 Å². The van der Waals surface area contributed by atoms with E-state index in [1.807, 2.05) is 12.3 Å². The average Bonchev–Trinajstić information content (AvgIpc) is 2.90. The van der Waals surface area contributed by atoms with Gasteiger partial charge in [-0.2, -0.15) is 0 Å². The van der Waals surface area contributed by atoms with Gasteiger partial charge in [-0.05, 0) is 70.1 Å². The highest BCUT2D eigenvalue weighted by Crippen LogP contribution is 2.39. The minimum atomic E-state index is -0.936. The quantitative estimate of drug-likeness (QED) is 0.277. The van der Waals surface area contributed by atoms with Gasteiger partial charge in [-0.15, -0.1) is 0 Å². The molecule has 1 saturated heterocycles. The minimum absolute atomic E-state index is 0.0170. The van der Waals surface area contributed by atoms with Crippen molar-refractivity contribution in [2.24, 2.45) is 5.41 Å². The molecule has 1 aromatic carbocycles. The smallest absolute Gasteiger partial charge is 0.290 e. The summed E-state index contributed by atoms with van der Waals surface area (Å²) >= 11 is 0. The maximum absolute atomic E-state index is 13.8. The molecule has 0 amide bonds. The van der Waals surface area contributed by atoms with Crippen molar-refractivity contribution in [2.45, 2.75) is 79.8 Å². The number of carbonyl (C=O) groups is 1. The van der Waals surface area contributed by atoms with Crippen molar-refractivity contribution in [1.82, 2.24) is 9.97 Å². The Bertz CT molecular complexity index is 1300. The first-order valence-corrected chi connectivity index (χ1v) is 14.4. The van der Waals surface area contributed by atoms with Crippen LogP contribution in [0.2, 0.25) is 0 Å². The molecule has 1 fully saturated rings. The zero-order valence-electron chi connectivity index (χ0n) is 26.2. The molecule has 1 aliphatic heterocycles. The van der Waals surface area contributed by atoms with Gasteiger partial charge in [0.15, 0.2) is 0 Å². The highest BCUT2D eigenvalue weighted by atomic mass is 19.1. The Labute approximate surface area is 252 Å². The Morgan fingerprint density at radius 2 is 1.58 bits per heavy atom. The third-order valence-electron chi connectivity index (χ3n) is 6.89. The van der Waals surface area contributed by atoms with E-state index >= 15 is 0 Å². The topological polar surface area (TPSA) is 95.8 Å². The molecule has 0 spiro atoms. The van der Waals surface area contributed by atoms with Gasteiger partial charge in [0.25, 0.3) is 6.47 Å². The first-order chi connectivity index (χ1) is 20.1. The normalized spacial score (nSPS) is 14.2. The molecule has 43 heavy (non-hydrogen) atoms. The summed E-state index contributed by atoms with van der Waals surface area (Å²) in [6.45, 7) is 15.9. The maximum atomic E-state index is 13.8. The fourth-order valence-electron chi connectivity index (χ4n) is 4.65. The van der Waals surface area contributed by atoms with Crippen molar-refractivity contribution in [3.63, 3.8) is 0 Å². The molecule has 0 bridgehead atoms. The Morgan fingerprint density at radius 1 is 1.02 bits per heavy atom. The van der Waals surface area contributed by atoms with E-state index in [0.717, 1.165) is 49.3 Å². The van der Waals surface area contributed by atoms with Crippen molar-refractivity contribution in [1.29, 1.82) is 0 Å². The van der Waals surface area contributed by atoms with Gasteiger partial charge < -0.3 is 19.8 Å². The van der Waals surface area contributed by atoms with Gasteiger partial charge in [-0.1, -0.05) is 20.8 Å². The molecule has 0 radical (unpaired) electrons. The second kappa shape index (κ2) is 15.7. The lowest BCUT2D eigenvalue weighted by molar-refractivity contribution is -0.122. The van der Waals surface area contributed by atoms with Crippen LogP contribution in [0.4, 0.5) is 18.9 Å². The lowest BCUT2D eigenvalue weighted by atomic mass is 9.82. The molecule has 2 N–H and O–H groups in total. The predicted octanol–water partition coefficient (Wildman–Crippen LogP) is 7.16. The number of nitrogens with zero attached hydrogens (tertiary/aromatic N) is 3. The van der Waals surface area contributed by atoms with Gasteiger partial charge in [0.2, 0.25) is 0 Å². The van der Waals surface area contributed by atoms with E-state index in [9.17, 15) is 13.2 Å². The molecule has 0 unspecified atom stereocenters. The van der Waals surface area contributed by atoms with Crippen molar-refractivity contribution >= 4 is 12.2 Å². The van der Waals surface area contributed by atoms with Gasteiger partial charge in [0, 0.05) is 54.7 Å². The van der Waals surface area contributed by atoms with E-state index in [-0.39, 0.29) is 25.1 Å². The summed E-state index contributed by atoms with van der Waals surface area (Å²) in [5.74, 6) is -2.26. The third-order valence-corrected chi connectivity index (χ3v) is 6.89. The molecule has 4 rings (SSSR count). The summed E-state index contributed by atoms with van der Waals surface area (Å²) in [5, 5.41) is 15.4. The van der Waals surface area contributed by atoms with Crippen molar-refractivity contribution in [3.8, 4) is 17.0 Å². The van der Waals surface area contributed by atoms with Crippen molar-refractivity contribution in [2.75, 3.05) is 24.6 Å². The number of aromatic nitrogens is 2. The monoisotopic (exact) mass is 603 g/mol. The van der Waals surface area contributed by atoms with Crippen LogP contribution in [0.5, 0.6) is 5.75 Å². The van der Waals surface area contributed by atoms with Crippen LogP contribution in [-0.2, 0) is 17.6 Å². The second-order valence-electron chi connectivity index (χ2n) is 12.2. The molecule has 2 aromatic heterocycles. The summed E-state index contributed by atoms with van der Waals surface area (Å²) < 4.78 is 46.4. The number of aryl methyl sites for hydroxylation is 1. The van der Waals surface area contributed by atoms with E-state index in [1.54, 1.807) is 33.0 Å². The molecule has 0 atom stereocenters. The van der Waals surface area contributed by atoms with Crippen LogP contribution in [0.3, 0.4) is 0 Å². The van der Waals surface area contributed by atoms with Crippen LogP contribution in [0.25, 0.3) is 11.3 Å². The van der Waals surface area contributed by atoms with Crippen LogP contribution >= 0.6 is 0 Å². The molecule has 10 heteroatoms. The van der Waals surface area contributed by atoms with Crippen LogP contribution in [0, 0.1) is 29.8 Å². The lowest BCUT2D eigenvalue weighted by Crippen LogP contribution is -2.38. The Morgan fingerprint density at radius 3 is 2.07 bits per heavy atom. The number of piperidine rings is 1. The van der Waals surface area contributed by atoms with Crippen LogP contribution in [-0.4, -0.2) is 52.0 Å². The fraction of sp³-hybridized carbons (Fsp3) is 0.485. The van der Waals surface area contributed by atoms with Gasteiger partial charge in [0.05, 0.1) is 29.8 Å². The average molecular weight is 604 g/mol. The molecule has 7 nitrogen and oxygen atoms in total. The molecular formula is C33H44F3N3O4. The highest BCUT2D eigenvalue weighted by molar-refractivity contribution is 5.79. The first kappa shape index (κ1) is 35.5. The molecule has 1 aliphatic rings. The van der Waals surface area contributed by atoms with E-state index in [4.69, 9.17) is 19.7 Å². The third kappa shape index (κ3) is 11.2. The van der Waals surface area contributed by atoms with Gasteiger partial charge in [-0.25, -0.2) is 13.2 Å². The van der Waals surface area contributed by atoms with Crippen LogP contribution in [0.1, 0.15) is 71.2 Å². The summed E-state index contributed by atoms with van der Waals surface area (Å²) in [5.41, 5.74) is 4.94. The number of benzene rings is 1. The zero-order chi connectivity index (χ0) is 32.4. The molecule has 3 heterocycles. The first-order valence-electron chi connectivity index (χ1n) is 14.4. The molecular weight excluding hydrogens is 559 g/mol. The van der Waals surface area contributed by atoms with Gasteiger partial charge in [-0.3, -0.25) is 14.8 Å². The maximum Gasteiger partial charge on any atom is 0.290 e. The number of anilines is 1. The number of hydrogen-bond acceptors (Lipinski definition) is 6. The fourth-order valence-corrected chi connectivity index (χ4v) is 4.65. The zero-order valence-corrected chi connectivity index (χ0v) is 26.2. The number of halogens is 3. The van der Waals surface area contributed by atoms with E-state index in [0.29, 0.717) is 23.3 Å². The highest BCUT2D eigenvalue weighted by Gasteiger charge is 2.28. The van der Waals surface area contributed by atoms with Crippen molar-refractivity contribution < 1.29 is 32.9 Å². The Balaban J connectivity index is 0.000000719. The minimum Gasteiger partial charge on any atom is -0.492 e. The van der Waals surface area contributed by atoms with Gasteiger partial charge >= 0.3 is 0 Å². The number of hydrogen-bond donors (Lipinski definition) is 2. The lowest BCUT2D eigenvalue weighted by Gasteiger charge is -2.40. The molecule has 236 valence electrons. The molecule has 0 aliphatic carbocycles. The van der Waals surface area contributed by atoms with Gasteiger partial charge in [0.1, 0.15) is 23.2 Å². The Hall–Kier alpha value is -3.66. The molecule has 3 aromatic rings. The summed E-state index contributed by atoms with van der Waals surface area (Å²) in [7, 11) is 0. The number of rotatable bonds is 7. The molecule has 0 saturated carbocycles. The summed E-state index contributed by atoms with van der Waals surface area (Å²) in [6.07, 6.45) is 6.64. The number of ether oxygens (including phenoxy) is 1. The van der Waals surface area contributed by atoms with Crippen molar-refractivity contribution in [3.05, 3.63) is 70.9 Å². The summed E-state index contributed by atoms with van der Waals surface area (Å²) in [4.78, 5) is 20.1. The Kier molecular flexibility index (Phi) is 13.0.